The molecule has 1 unspecified atom stereocenters. The molecule has 1 aromatic rings. The number of aliphatic hydroxyl groups is 2. The van der Waals surface area contributed by atoms with E-state index in [4.69, 9.17) is 10.1 Å². The lowest BCUT2D eigenvalue weighted by molar-refractivity contribution is 0.186. The third kappa shape index (κ3) is 1.21. The van der Waals surface area contributed by atoms with Crippen molar-refractivity contribution >= 4 is 5.90 Å². The molecule has 4 heteroatoms. The Balaban J connectivity index is 2.36. The van der Waals surface area contributed by atoms with Crippen LogP contribution in [-0.2, 0) is 4.74 Å². The second-order valence-electron chi connectivity index (χ2n) is 2.97. The van der Waals surface area contributed by atoms with Gasteiger partial charge in [-0.05, 0) is 0 Å². The molecule has 0 spiro atoms. The van der Waals surface area contributed by atoms with Crippen LogP contribution in [0.2, 0.25) is 0 Å². The Bertz CT molecular complexity index is 397. The maximum absolute atomic E-state index is 9.45. The first kappa shape index (κ1) is 8.62. The van der Waals surface area contributed by atoms with Crippen molar-refractivity contribution in [3.63, 3.8) is 0 Å². The van der Waals surface area contributed by atoms with E-state index in [2.05, 4.69) is 0 Å². The zero-order valence-corrected chi connectivity index (χ0v) is 7.27. The largest absolute Gasteiger partial charge is 0.505 e. The van der Waals surface area contributed by atoms with E-state index in [1.807, 2.05) is 6.07 Å². The number of aliphatic hydroxyl groups excluding tert-OH is 2. The van der Waals surface area contributed by atoms with Crippen molar-refractivity contribution in [2.45, 2.75) is 6.10 Å². The molecular weight excluding hydrogens is 182 g/mol. The fourth-order valence-corrected chi connectivity index (χ4v) is 1.32. The summed E-state index contributed by atoms with van der Waals surface area (Å²) in [5.41, 5.74) is 0.707. The normalized spacial score (nSPS) is 21.1. The van der Waals surface area contributed by atoms with Gasteiger partial charge in [0.25, 0.3) is 5.90 Å². The summed E-state index contributed by atoms with van der Waals surface area (Å²) >= 11 is 0. The van der Waals surface area contributed by atoms with Gasteiger partial charge in [-0.1, -0.05) is 30.3 Å². The number of ether oxygens (including phenoxy) is 1. The van der Waals surface area contributed by atoms with Gasteiger partial charge >= 0.3 is 0 Å². The predicted octanol–water partition coefficient (Wildman–Crippen LogP) is 2.06. The predicted molar refractivity (Wildman–Crippen MR) is 50.3 cm³/mol. The molecule has 72 valence electrons. The average Bonchev–Trinajstić information content (AvgIpc) is 2.47. The lowest BCUT2D eigenvalue weighted by Gasteiger charge is -2.09. The Morgan fingerprint density at radius 3 is 2.29 bits per heavy atom. The second-order valence-corrected chi connectivity index (χ2v) is 2.97. The van der Waals surface area contributed by atoms with E-state index in [1.54, 1.807) is 24.3 Å². The van der Waals surface area contributed by atoms with Crippen molar-refractivity contribution in [2.24, 2.45) is 0 Å². The highest BCUT2D eigenvalue weighted by atomic mass is 16.5. The summed E-state index contributed by atoms with van der Waals surface area (Å²) in [7, 11) is 0. The Kier molecular flexibility index (Phi) is 1.89. The van der Waals surface area contributed by atoms with Gasteiger partial charge in [0.05, 0.1) is 0 Å². The van der Waals surface area contributed by atoms with Gasteiger partial charge in [0.2, 0.25) is 5.76 Å². The van der Waals surface area contributed by atoms with Crippen LogP contribution in [0.15, 0.2) is 41.9 Å². The summed E-state index contributed by atoms with van der Waals surface area (Å²) < 4.78 is 4.98. The average molecular weight is 191 g/mol. The molecule has 1 heterocycles. The molecule has 0 saturated carbocycles. The molecule has 3 N–H and O–H groups in total. The van der Waals surface area contributed by atoms with Crippen LogP contribution in [0.3, 0.4) is 0 Å². The van der Waals surface area contributed by atoms with Crippen LogP contribution >= 0.6 is 0 Å². The molecule has 1 aliphatic heterocycles. The van der Waals surface area contributed by atoms with Gasteiger partial charge in [-0.3, -0.25) is 5.41 Å². The lowest BCUT2D eigenvalue weighted by atomic mass is 10.1. The minimum absolute atomic E-state index is 0.304. The highest BCUT2D eigenvalue weighted by Crippen LogP contribution is 2.31. The fourth-order valence-electron chi connectivity index (χ4n) is 1.32. The number of nitrogens with one attached hydrogen (secondary N) is 1. The van der Waals surface area contributed by atoms with Gasteiger partial charge < -0.3 is 14.9 Å². The first-order chi connectivity index (χ1) is 6.70. The smallest absolute Gasteiger partial charge is 0.254 e. The number of hydrogen-bond donors (Lipinski definition) is 3. The zero-order chi connectivity index (χ0) is 10.1. The van der Waals surface area contributed by atoms with E-state index in [0.29, 0.717) is 5.56 Å². The maximum atomic E-state index is 9.45. The monoisotopic (exact) mass is 191 g/mol. The van der Waals surface area contributed by atoms with Crippen LogP contribution in [0.4, 0.5) is 0 Å². The molecule has 0 bridgehead atoms. The summed E-state index contributed by atoms with van der Waals surface area (Å²) in [4.78, 5) is 0. The van der Waals surface area contributed by atoms with Crippen LogP contribution in [0.1, 0.15) is 11.7 Å². The quantitative estimate of drug-likeness (QED) is 0.636. The SMILES string of the molecule is N=C1OC(c2ccccc2)C(O)=C1O. The van der Waals surface area contributed by atoms with Crippen LogP contribution in [-0.4, -0.2) is 16.1 Å². The van der Waals surface area contributed by atoms with Crippen LogP contribution in [0.25, 0.3) is 0 Å². The first-order valence-corrected chi connectivity index (χ1v) is 4.13. The summed E-state index contributed by atoms with van der Waals surface area (Å²) in [6.45, 7) is 0. The van der Waals surface area contributed by atoms with Crippen molar-refractivity contribution in [1.82, 2.24) is 0 Å². The van der Waals surface area contributed by atoms with Crippen LogP contribution in [0.5, 0.6) is 0 Å². The Labute approximate surface area is 80.6 Å². The molecule has 0 radical (unpaired) electrons. The minimum atomic E-state index is -0.747. The minimum Gasteiger partial charge on any atom is -0.505 e. The van der Waals surface area contributed by atoms with Crippen LogP contribution < -0.4 is 0 Å². The van der Waals surface area contributed by atoms with Crippen molar-refractivity contribution in [3.05, 3.63) is 47.4 Å². The highest BCUT2D eigenvalue weighted by molar-refractivity contribution is 5.91. The summed E-state index contributed by atoms with van der Waals surface area (Å²) in [6.07, 6.45) is -0.747. The van der Waals surface area contributed by atoms with Crippen molar-refractivity contribution in [3.8, 4) is 0 Å². The highest BCUT2D eigenvalue weighted by Gasteiger charge is 2.32. The Morgan fingerprint density at radius 2 is 1.79 bits per heavy atom. The number of hydrogen-bond acceptors (Lipinski definition) is 4. The summed E-state index contributed by atoms with van der Waals surface area (Å²) in [5.74, 6) is -1.18. The van der Waals surface area contributed by atoms with E-state index >= 15 is 0 Å². The van der Waals surface area contributed by atoms with E-state index in [0.717, 1.165) is 0 Å². The standard InChI is InChI=1S/C10H9NO3/c11-10-8(13)7(12)9(14-10)6-4-2-1-3-5-6/h1-5,9,11-13H. The molecule has 4 nitrogen and oxygen atoms in total. The molecule has 1 atom stereocenters. The molecule has 0 aromatic heterocycles. The third-order valence-corrected chi connectivity index (χ3v) is 2.04. The van der Waals surface area contributed by atoms with E-state index in [1.165, 1.54) is 0 Å². The van der Waals surface area contributed by atoms with Gasteiger partial charge in [0.15, 0.2) is 11.9 Å². The van der Waals surface area contributed by atoms with Gasteiger partial charge in [0.1, 0.15) is 0 Å². The van der Waals surface area contributed by atoms with Crippen molar-refractivity contribution in [1.29, 1.82) is 5.41 Å². The van der Waals surface area contributed by atoms with E-state index in [9.17, 15) is 10.2 Å². The van der Waals surface area contributed by atoms with Gasteiger partial charge in [-0.25, -0.2) is 0 Å². The second kappa shape index (κ2) is 3.06. The maximum Gasteiger partial charge on any atom is 0.254 e. The molecule has 1 aliphatic rings. The van der Waals surface area contributed by atoms with Gasteiger partial charge in [-0.15, -0.1) is 0 Å². The van der Waals surface area contributed by atoms with Gasteiger partial charge in [-0.2, -0.15) is 0 Å². The molecule has 0 fully saturated rings. The Morgan fingerprint density at radius 1 is 1.14 bits per heavy atom. The topological polar surface area (TPSA) is 73.5 Å². The first-order valence-electron chi connectivity index (χ1n) is 4.13. The van der Waals surface area contributed by atoms with Crippen LogP contribution in [0, 0.1) is 5.41 Å². The summed E-state index contributed by atoms with van der Waals surface area (Å²) in [5, 5.41) is 25.8. The Hall–Kier alpha value is -1.97. The molecule has 2 rings (SSSR count). The molecule has 1 aromatic carbocycles. The number of benzene rings is 1. The molecule has 14 heavy (non-hydrogen) atoms. The molecule has 0 saturated heterocycles. The van der Waals surface area contributed by atoms with E-state index < -0.39 is 17.8 Å². The molecule has 0 aliphatic carbocycles. The van der Waals surface area contributed by atoms with Gasteiger partial charge in [0, 0.05) is 5.56 Å². The zero-order valence-electron chi connectivity index (χ0n) is 7.27. The van der Waals surface area contributed by atoms with Crippen molar-refractivity contribution < 1.29 is 14.9 Å². The van der Waals surface area contributed by atoms with E-state index in [-0.39, 0.29) is 5.76 Å². The number of rotatable bonds is 1. The third-order valence-electron chi connectivity index (χ3n) is 2.04. The summed E-state index contributed by atoms with van der Waals surface area (Å²) in [6, 6.07) is 8.94. The lowest BCUT2D eigenvalue weighted by Crippen LogP contribution is -2.02. The molecular formula is C10H9NO3. The molecule has 0 amide bonds. The fraction of sp³-hybridized carbons (Fsp3) is 0.100. The van der Waals surface area contributed by atoms with Crippen molar-refractivity contribution in [2.75, 3.05) is 0 Å².